The predicted molar refractivity (Wildman–Crippen MR) is 161 cm³/mol. The third-order valence-corrected chi connectivity index (χ3v) is 7.97. The van der Waals surface area contributed by atoms with Gasteiger partial charge in [-0.1, -0.05) is 76.6 Å². The molecule has 0 aliphatic heterocycles. The van der Waals surface area contributed by atoms with Crippen molar-refractivity contribution in [3.05, 3.63) is 59.7 Å². The Morgan fingerprint density at radius 3 is 1.19 bits per heavy atom. The van der Waals surface area contributed by atoms with Crippen LogP contribution in [0.25, 0.3) is 0 Å². The molecule has 0 aliphatic rings. The molecule has 0 bridgehead atoms. The normalized spacial score (nSPS) is 12.1. The van der Waals surface area contributed by atoms with Crippen LogP contribution in [0, 0.1) is 0 Å². The molecule has 0 saturated heterocycles. The number of hydrogen-bond acceptors (Lipinski definition) is 12. The Kier molecular flexibility index (Phi) is 24.4. The fraction of sp³-hybridized carbons (Fsp3) is 0.467. The van der Waals surface area contributed by atoms with Crippen molar-refractivity contribution >= 4 is 42.4 Å². The van der Waals surface area contributed by atoms with Crippen molar-refractivity contribution in [3.63, 3.8) is 0 Å². The Hall–Kier alpha value is -1.86. The summed E-state index contributed by atoms with van der Waals surface area (Å²) in [5.74, 6) is -3.37. The number of carbonyl (C=O) groups is 4. The Morgan fingerprint density at radius 1 is 0.604 bits per heavy atom. The molecule has 0 aliphatic carbocycles. The average molecular weight is 733 g/mol. The minimum absolute atomic E-state index is 0. The first-order chi connectivity index (χ1) is 21.5. The van der Waals surface area contributed by atoms with Crippen LogP contribution in [0.1, 0.15) is 98.8 Å². The fourth-order valence-electron chi connectivity index (χ4n) is 4.08. The minimum atomic E-state index is -4.92. The maximum absolute atomic E-state index is 11.8. The molecular formula is C30H38Na2O14S2. The van der Waals surface area contributed by atoms with Gasteiger partial charge in [0, 0.05) is 11.1 Å². The van der Waals surface area contributed by atoms with E-state index in [0.29, 0.717) is 12.8 Å². The summed E-state index contributed by atoms with van der Waals surface area (Å²) in [5.41, 5.74) is -0.594. The molecule has 2 N–H and O–H groups in total. The van der Waals surface area contributed by atoms with E-state index in [0.717, 1.165) is 38.5 Å². The van der Waals surface area contributed by atoms with Crippen molar-refractivity contribution in [2.24, 2.45) is 0 Å². The van der Waals surface area contributed by atoms with E-state index in [1.165, 1.54) is 48.5 Å². The smallest absolute Gasteiger partial charge is 0.545 e. The second kappa shape index (κ2) is 24.3. The number of aromatic carboxylic acids is 2. The Bertz CT molecular complexity index is 1430. The van der Waals surface area contributed by atoms with E-state index in [2.05, 4.69) is 0 Å². The topological polar surface area (TPSA) is 242 Å². The first kappa shape index (κ1) is 48.3. The van der Waals surface area contributed by atoms with E-state index < -0.39 is 54.6 Å². The summed E-state index contributed by atoms with van der Waals surface area (Å²) in [4.78, 5) is 45.6. The molecule has 2 atom stereocenters. The molecule has 2 aromatic rings. The van der Waals surface area contributed by atoms with Gasteiger partial charge in [0.2, 0.25) is 0 Å². The largest absolute Gasteiger partial charge is 1.00 e. The van der Waals surface area contributed by atoms with E-state index in [9.17, 15) is 46.2 Å². The molecule has 14 nitrogen and oxygen atoms in total. The second-order valence-corrected chi connectivity index (χ2v) is 12.8. The van der Waals surface area contributed by atoms with Gasteiger partial charge in [-0.15, -0.1) is 0 Å². The van der Waals surface area contributed by atoms with Gasteiger partial charge in [0.25, 0.3) is 0 Å². The van der Waals surface area contributed by atoms with Crippen LogP contribution in [0.5, 0.6) is 11.5 Å². The molecule has 2 unspecified atom stereocenters. The first-order valence-corrected chi connectivity index (χ1v) is 17.4. The summed E-state index contributed by atoms with van der Waals surface area (Å²) < 4.78 is 72.7. The molecule has 0 spiro atoms. The van der Waals surface area contributed by atoms with Crippen molar-refractivity contribution < 1.29 is 124 Å². The van der Waals surface area contributed by atoms with Gasteiger partial charge in [0.1, 0.15) is 11.5 Å². The predicted octanol–water partition coefficient (Wildman–Crippen LogP) is -3.63. The quantitative estimate of drug-likeness (QED) is 0.0855. The molecule has 256 valence electrons. The van der Waals surface area contributed by atoms with Crippen molar-refractivity contribution in [2.45, 2.75) is 90.3 Å². The summed E-state index contributed by atoms with van der Waals surface area (Å²) in [7, 11) is -9.85. The number of hydrogen-bond donors (Lipinski definition) is 2. The SMILES string of the molecule is CCCCCCC(Oc1ccccc1C(=O)[O-])C(=O)S(=O)(=O)O.CCCCCCC(Oc1ccccc1C(=O)[O-])C(=O)S(=O)(=O)O.[Na+].[Na+]. The van der Waals surface area contributed by atoms with Crippen molar-refractivity contribution in [1.29, 1.82) is 0 Å². The number of unbranched alkanes of at least 4 members (excludes halogenated alkanes) is 6. The molecule has 0 fully saturated rings. The van der Waals surface area contributed by atoms with E-state index in [1.807, 2.05) is 13.8 Å². The first-order valence-electron chi connectivity index (χ1n) is 14.5. The van der Waals surface area contributed by atoms with Gasteiger partial charge in [-0.05, 0) is 49.9 Å². The Labute approximate surface area is 325 Å². The van der Waals surface area contributed by atoms with Crippen LogP contribution in [0.2, 0.25) is 0 Å². The van der Waals surface area contributed by atoms with Crippen LogP contribution in [-0.2, 0) is 29.8 Å². The second-order valence-electron chi connectivity index (χ2n) is 10.1. The molecule has 2 rings (SSSR count). The standard InChI is InChI=1S/2C15H20O7S.2Na/c2*1-2-3-4-5-10-13(15(18)23(19,20)21)22-12-9-7-6-8-11(12)14(16)17;;/h2*6-9,13H,2-5,10H2,1H3,(H,16,17)(H,19,20,21);;/q;;2*+1/p-2. The zero-order chi connectivity index (χ0) is 34.9. The summed E-state index contributed by atoms with van der Waals surface area (Å²) in [6.07, 6.45) is 3.42. The molecule has 0 amide bonds. The third kappa shape index (κ3) is 17.7. The van der Waals surface area contributed by atoms with Crippen LogP contribution in [-0.4, -0.2) is 60.3 Å². The van der Waals surface area contributed by atoms with Gasteiger partial charge in [-0.3, -0.25) is 18.7 Å². The van der Waals surface area contributed by atoms with Crippen LogP contribution in [0.15, 0.2) is 48.5 Å². The number of carboxylic acids is 2. The number of carboxylic acid groups (broad SMARTS) is 2. The average Bonchev–Trinajstić information content (AvgIpc) is 2.99. The zero-order valence-electron chi connectivity index (χ0n) is 27.5. The van der Waals surface area contributed by atoms with Gasteiger partial charge < -0.3 is 29.3 Å². The molecule has 0 radical (unpaired) electrons. The zero-order valence-corrected chi connectivity index (χ0v) is 33.1. The minimum Gasteiger partial charge on any atom is -0.545 e. The van der Waals surface area contributed by atoms with E-state index in [1.54, 1.807) is 0 Å². The van der Waals surface area contributed by atoms with Gasteiger partial charge in [-0.25, -0.2) is 0 Å². The van der Waals surface area contributed by atoms with Crippen molar-refractivity contribution in [2.75, 3.05) is 0 Å². The summed E-state index contributed by atoms with van der Waals surface area (Å²) >= 11 is 0. The van der Waals surface area contributed by atoms with Gasteiger partial charge in [0.05, 0.1) is 11.9 Å². The number of para-hydroxylation sites is 2. The maximum Gasteiger partial charge on any atom is 1.00 e. The summed E-state index contributed by atoms with van der Waals surface area (Å²) in [6.45, 7) is 3.99. The van der Waals surface area contributed by atoms with Crippen molar-refractivity contribution in [1.82, 2.24) is 0 Å². The van der Waals surface area contributed by atoms with Crippen molar-refractivity contribution in [3.8, 4) is 11.5 Å². The molecule has 0 aromatic heterocycles. The molecule has 18 heteroatoms. The number of ether oxygens (including phenoxy) is 2. The van der Waals surface area contributed by atoms with E-state index in [-0.39, 0.29) is 94.6 Å². The van der Waals surface area contributed by atoms with Gasteiger partial charge in [-0.2, -0.15) is 16.8 Å². The monoisotopic (exact) mass is 732 g/mol. The van der Waals surface area contributed by atoms with Crippen LogP contribution < -0.4 is 78.8 Å². The Morgan fingerprint density at radius 2 is 0.917 bits per heavy atom. The summed E-state index contributed by atoms with van der Waals surface area (Å²) in [5, 5.41) is 19.1. The van der Waals surface area contributed by atoms with Crippen LogP contribution >= 0.6 is 0 Å². The number of rotatable bonds is 18. The number of carbonyl (C=O) groups excluding carboxylic acids is 4. The molecule has 2 aromatic carbocycles. The molecule has 0 heterocycles. The third-order valence-electron chi connectivity index (χ3n) is 6.43. The van der Waals surface area contributed by atoms with Gasteiger partial charge >= 0.3 is 89.6 Å². The van der Waals surface area contributed by atoms with Crippen LogP contribution in [0.4, 0.5) is 0 Å². The Balaban J connectivity index is 0. The molecule has 48 heavy (non-hydrogen) atoms. The van der Waals surface area contributed by atoms with E-state index >= 15 is 0 Å². The fourth-order valence-corrected chi connectivity index (χ4v) is 5.07. The molecule has 0 saturated carbocycles. The van der Waals surface area contributed by atoms with Gasteiger partial charge in [0.15, 0.2) is 12.2 Å². The van der Waals surface area contributed by atoms with Crippen LogP contribution in [0.3, 0.4) is 0 Å². The van der Waals surface area contributed by atoms with E-state index in [4.69, 9.17) is 18.6 Å². The number of benzene rings is 2. The molecular weight excluding hydrogens is 694 g/mol. The maximum atomic E-state index is 11.8. The summed E-state index contributed by atoms with van der Waals surface area (Å²) in [6, 6.07) is 10.9.